The van der Waals surface area contributed by atoms with Crippen LogP contribution >= 0.6 is 0 Å². The molecule has 0 radical (unpaired) electrons. The molecule has 0 bridgehead atoms. The zero-order valence-corrected chi connectivity index (χ0v) is 10.5. The van der Waals surface area contributed by atoms with Crippen molar-refractivity contribution in [1.29, 1.82) is 5.26 Å². The van der Waals surface area contributed by atoms with Crippen LogP contribution in [-0.4, -0.2) is 41.9 Å². The molecular formula is C9H14N2O6S. The summed E-state index contributed by atoms with van der Waals surface area (Å²) in [5, 5.41) is 24.3. The molecule has 1 unspecified atom stereocenters. The van der Waals surface area contributed by atoms with Crippen molar-refractivity contribution in [2.24, 2.45) is 0 Å². The summed E-state index contributed by atoms with van der Waals surface area (Å²) in [6.45, 7) is 1.12. The average Bonchev–Trinajstić information content (AvgIpc) is 2.25. The molecule has 9 heteroatoms. The Morgan fingerprint density at radius 1 is 1.39 bits per heavy atom. The van der Waals surface area contributed by atoms with Gasteiger partial charge in [-0.25, -0.2) is 8.42 Å². The quantitative estimate of drug-likeness (QED) is 0.544. The number of nitrogens with one attached hydrogen (secondary N) is 1. The maximum absolute atomic E-state index is 11.5. The van der Waals surface area contributed by atoms with E-state index in [9.17, 15) is 18.0 Å². The Labute approximate surface area is 104 Å². The molecule has 0 fully saturated rings. The topological polar surface area (TPSA) is 145 Å². The van der Waals surface area contributed by atoms with Gasteiger partial charge in [-0.15, -0.1) is 0 Å². The van der Waals surface area contributed by atoms with Gasteiger partial charge in [-0.2, -0.15) is 9.98 Å². The Kier molecular flexibility index (Phi) is 6.29. The molecule has 0 aliphatic rings. The first kappa shape index (κ1) is 16.3. The number of hydrogen-bond donors (Lipinski definition) is 3. The average molecular weight is 278 g/mol. The van der Waals surface area contributed by atoms with Crippen molar-refractivity contribution in [2.45, 2.75) is 37.5 Å². The van der Waals surface area contributed by atoms with Gasteiger partial charge in [-0.3, -0.25) is 9.59 Å². The maximum atomic E-state index is 11.5. The fraction of sp³-hybridized carbons (Fsp3) is 0.667. The molecule has 102 valence electrons. The SMILES string of the molecule is CC(C#N)S(=O)(=O)N[C@H](CCCC(=O)O)C(=O)O. The third kappa shape index (κ3) is 5.60. The minimum atomic E-state index is -4.04. The first-order valence-electron chi connectivity index (χ1n) is 5.06. The molecule has 0 aromatic heterocycles. The number of carbonyl (C=O) groups is 2. The molecule has 18 heavy (non-hydrogen) atoms. The predicted molar refractivity (Wildman–Crippen MR) is 60.0 cm³/mol. The molecule has 0 amide bonds. The molecule has 0 aromatic rings. The summed E-state index contributed by atoms with van der Waals surface area (Å²) in [5.41, 5.74) is 0. The second kappa shape index (κ2) is 6.93. The lowest BCUT2D eigenvalue weighted by molar-refractivity contribution is -0.140. The number of nitrogens with zero attached hydrogens (tertiary/aromatic N) is 1. The van der Waals surface area contributed by atoms with E-state index in [0.29, 0.717) is 0 Å². The fourth-order valence-corrected chi connectivity index (χ4v) is 2.02. The predicted octanol–water partition coefficient (Wildman–Crippen LogP) is -0.474. The number of carboxylic acid groups (broad SMARTS) is 2. The molecular weight excluding hydrogens is 264 g/mol. The molecule has 0 heterocycles. The standard InChI is InChI=1S/C9H14N2O6S/c1-6(5-10)18(16,17)11-7(9(14)15)3-2-4-8(12)13/h6-7,11H,2-4H2,1H3,(H,12,13)(H,14,15)/t6?,7-/m1/s1. The van der Waals surface area contributed by atoms with E-state index in [-0.39, 0.29) is 19.3 Å². The number of hydrogen-bond acceptors (Lipinski definition) is 5. The third-order valence-corrected chi connectivity index (χ3v) is 3.78. The molecule has 3 N–H and O–H groups in total. The summed E-state index contributed by atoms with van der Waals surface area (Å²) in [5.74, 6) is -2.50. The Hall–Kier alpha value is -1.66. The highest BCUT2D eigenvalue weighted by Gasteiger charge is 2.28. The molecule has 0 rings (SSSR count). The van der Waals surface area contributed by atoms with Crippen LogP contribution in [0.4, 0.5) is 0 Å². The molecule has 0 aromatic carbocycles. The van der Waals surface area contributed by atoms with Crippen LogP contribution in [0.1, 0.15) is 26.2 Å². The largest absolute Gasteiger partial charge is 0.481 e. The van der Waals surface area contributed by atoms with Crippen molar-refractivity contribution in [3.8, 4) is 6.07 Å². The minimum absolute atomic E-state index is 0.0236. The molecule has 0 saturated heterocycles. The number of aliphatic carboxylic acids is 2. The van der Waals surface area contributed by atoms with E-state index in [0.717, 1.165) is 6.92 Å². The smallest absolute Gasteiger partial charge is 0.321 e. The highest BCUT2D eigenvalue weighted by atomic mass is 32.2. The van der Waals surface area contributed by atoms with Crippen LogP contribution in [0.5, 0.6) is 0 Å². The van der Waals surface area contributed by atoms with Gasteiger partial charge in [0.25, 0.3) is 0 Å². The van der Waals surface area contributed by atoms with E-state index in [1.54, 1.807) is 0 Å². The lowest BCUT2D eigenvalue weighted by atomic mass is 10.1. The number of nitriles is 1. The first-order chi connectivity index (χ1) is 8.20. The molecule has 0 saturated carbocycles. The minimum Gasteiger partial charge on any atom is -0.481 e. The Bertz CT molecular complexity index is 452. The van der Waals surface area contributed by atoms with Crippen molar-refractivity contribution in [3.63, 3.8) is 0 Å². The summed E-state index contributed by atoms with van der Waals surface area (Å²) in [6, 6.07) is 0.0605. The van der Waals surface area contributed by atoms with Crippen LogP contribution in [0.3, 0.4) is 0 Å². The Balaban J connectivity index is 4.60. The van der Waals surface area contributed by atoms with Crippen molar-refractivity contribution in [2.75, 3.05) is 0 Å². The van der Waals surface area contributed by atoms with Crippen molar-refractivity contribution in [1.82, 2.24) is 4.72 Å². The van der Waals surface area contributed by atoms with E-state index in [4.69, 9.17) is 15.5 Å². The summed E-state index contributed by atoms with van der Waals surface area (Å²) in [7, 11) is -4.04. The van der Waals surface area contributed by atoms with Crippen LogP contribution in [0.25, 0.3) is 0 Å². The van der Waals surface area contributed by atoms with Gasteiger partial charge in [0.2, 0.25) is 10.0 Å². The van der Waals surface area contributed by atoms with Gasteiger partial charge < -0.3 is 10.2 Å². The normalized spacial score (nSPS) is 14.4. The number of sulfonamides is 1. The Morgan fingerprint density at radius 3 is 2.33 bits per heavy atom. The van der Waals surface area contributed by atoms with Gasteiger partial charge >= 0.3 is 11.9 Å². The summed E-state index contributed by atoms with van der Waals surface area (Å²) in [6.07, 6.45) is -0.381. The van der Waals surface area contributed by atoms with Gasteiger partial charge in [-0.1, -0.05) is 0 Å². The van der Waals surface area contributed by atoms with Crippen LogP contribution in [0.2, 0.25) is 0 Å². The van der Waals surface area contributed by atoms with E-state index in [1.165, 1.54) is 6.07 Å². The van der Waals surface area contributed by atoms with Gasteiger partial charge in [0.05, 0.1) is 6.07 Å². The first-order valence-corrected chi connectivity index (χ1v) is 6.60. The van der Waals surface area contributed by atoms with Crippen LogP contribution in [-0.2, 0) is 19.6 Å². The van der Waals surface area contributed by atoms with Crippen molar-refractivity contribution < 1.29 is 28.2 Å². The second-order valence-electron chi connectivity index (χ2n) is 3.61. The van der Waals surface area contributed by atoms with Gasteiger partial charge in [-0.05, 0) is 19.8 Å². The highest BCUT2D eigenvalue weighted by Crippen LogP contribution is 2.06. The van der Waals surface area contributed by atoms with Crippen molar-refractivity contribution in [3.05, 3.63) is 0 Å². The van der Waals surface area contributed by atoms with Crippen molar-refractivity contribution >= 4 is 22.0 Å². The number of carboxylic acids is 2. The van der Waals surface area contributed by atoms with Gasteiger partial charge in [0, 0.05) is 6.42 Å². The van der Waals surface area contributed by atoms with Crippen LogP contribution in [0, 0.1) is 11.3 Å². The van der Waals surface area contributed by atoms with Crippen LogP contribution in [0.15, 0.2) is 0 Å². The monoisotopic (exact) mass is 278 g/mol. The Morgan fingerprint density at radius 2 is 1.94 bits per heavy atom. The van der Waals surface area contributed by atoms with Gasteiger partial charge in [0.1, 0.15) is 6.04 Å². The lowest BCUT2D eigenvalue weighted by Crippen LogP contribution is -2.44. The maximum Gasteiger partial charge on any atom is 0.321 e. The second-order valence-corrected chi connectivity index (χ2v) is 5.64. The van der Waals surface area contributed by atoms with E-state index < -0.39 is 33.3 Å². The van der Waals surface area contributed by atoms with E-state index >= 15 is 0 Å². The number of rotatable bonds is 8. The molecule has 2 atom stereocenters. The molecule has 8 nitrogen and oxygen atoms in total. The molecule has 0 spiro atoms. The highest BCUT2D eigenvalue weighted by molar-refractivity contribution is 7.90. The summed E-state index contributed by atoms with van der Waals surface area (Å²) >= 11 is 0. The zero-order valence-electron chi connectivity index (χ0n) is 9.66. The summed E-state index contributed by atoms with van der Waals surface area (Å²) < 4.78 is 24.8. The van der Waals surface area contributed by atoms with Gasteiger partial charge in [0.15, 0.2) is 5.25 Å². The zero-order chi connectivity index (χ0) is 14.3. The molecule has 0 aliphatic carbocycles. The van der Waals surface area contributed by atoms with E-state index in [2.05, 4.69) is 0 Å². The van der Waals surface area contributed by atoms with Crippen LogP contribution < -0.4 is 4.72 Å². The summed E-state index contributed by atoms with van der Waals surface area (Å²) in [4.78, 5) is 21.1. The third-order valence-electron chi connectivity index (χ3n) is 2.14. The van der Waals surface area contributed by atoms with E-state index in [1.807, 2.05) is 4.72 Å². The lowest BCUT2D eigenvalue weighted by Gasteiger charge is -2.15. The molecule has 0 aliphatic heterocycles. The fourth-order valence-electron chi connectivity index (χ4n) is 1.06.